The van der Waals surface area contributed by atoms with Crippen molar-refractivity contribution >= 4 is 17.4 Å². The lowest BCUT2D eigenvalue weighted by Gasteiger charge is -2.26. The molecule has 1 aliphatic heterocycles. The summed E-state index contributed by atoms with van der Waals surface area (Å²) in [7, 11) is 0. The molecule has 1 saturated heterocycles. The van der Waals surface area contributed by atoms with E-state index in [1.807, 2.05) is 11.8 Å². The largest absolute Gasteiger partial charge is 0.368 e. The van der Waals surface area contributed by atoms with Crippen LogP contribution in [0, 0.1) is 6.92 Å². The Bertz CT molecular complexity index is 535. The lowest BCUT2D eigenvalue weighted by Crippen LogP contribution is -2.31. The Labute approximate surface area is 126 Å². The SMILES string of the molecule is Cc1ccc(N2CCCC2CSc2ccccc2)cc1. The predicted molar refractivity (Wildman–Crippen MR) is 88.7 cm³/mol. The summed E-state index contributed by atoms with van der Waals surface area (Å²) in [5.41, 5.74) is 2.72. The van der Waals surface area contributed by atoms with E-state index in [0.717, 1.165) is 0 Å². The third-order valence-corrected chi connectivity index (χ3v) is 5.09. The average molecular weight is 283 g/mol. The fourth-order valence-electron chi connectivity index (χ4n) is 2.79. The zero-order valence-corrected chi connectivity index (χ0v) is 12.8. The summed E-state index contributed by atoms with van der Waals surface area (Å²) in [6.45, 7) is 3.35. The van der Waals surface area contributed by atoms with E-state index in [9.17, 15) is 0 Å². The number of nitrogens with zero attached hydrogens (tertiary/aromatic N) is 1. The zero-order valence-electron chi connectivity index (χ0n) is 12.0. The van der Waals surface area contributed by atoms with E-state index >= 15 is 0 Å². The zero-order chi connectivity index (χ0) is 13.8. The van der Waals surface area contributed by atoms with E-state index in [0.29, 0.717) is 6.04 Å². The van der Waals surface area contributed by atoms with Crippen LogP contribution in [-0.4, -0.2) is 18.3 Å². The van der Waals surface area contributed by atoms with Gasteiger partial charge in [0.05, 0.1) is 0 Å². The van der Waals surface area contributed by atoms with E-state index in [1.54, 1.807) is 0 Å². The molecule has 1 nitrogen and oxygen atoms in total. The Morgan fingerprint density at radius 2 is 1.80 bits per heavy atom. The van der Waals surface area contributed by atoms with Crippen molar-refractivity contribution in [2.45, 2.75) is 30.7 Å². The number of anilines is 1. The Morgan fingerprint density at radius 3 is 2.55 bits per heavy atom. The predicted octanol–water partition coefficient (Wildman–Crippen LogP) is 4.76. The maximum atomic E-state index is 2.58. The van der Waals surface area contributed by atoms with Gasteiger partial charge in [0.1, 0.15) is 0 Å². The van der Waals surface area contributed by atoms with Gasteiger partial charge in [-0.05, 0) is 44.0 Å². The molecular weight excluding hydrogens is 262 g/mol. The molecule has 0 aliphatic carbocycles. The van der Waals surface area contributed by atoms with E-state index in [2.05, 4.69) is 66.4 Å². The van der Waals surface area contributed by atoms with Crippen LogP contribution < -0.4 is 4.90 Å². The Morgan fingerprint density at radius 1 is 1.05 bits per heavy atom. The van der Waals surface area contributed by atoms with Crippen LogP contribution in [0.2, 0.25) is 0 Å². The number of aryl methyl sites for hydroxylation is 1. The molecule has 0 bridgehead atoms. The smallest absolute Gasteiger partial charge is 0.0384 e. The summed E-state index contributed by atoms with van der Waals surface area (Å²) in [5, 5.41) is 0. The van der Waals surface area contributed by atoms with Gasteiger partial charge in [-0.1, -0.05) is 35.9 Å². The van der Waals surface area contributed by atoms with Crippen molar-refractivity contribution < 1.29 is 0 Å². The topological polar surface area (TPSA) is 3.24 Å². The first-order valence-corrected chi connectivity index (χ1v) is 8.32. The summed E-state index contributed by atoms with van der Waals surface area (Å²) < 4.78 is 0. The fraction of sp³-hybridized carbons (Fsp3) is 0.333. The Hall–Kier alpha value is -1.41. The minimum Gasteiger partial charge on any atom is -0.368 e. The molecular formula is C18H21NS. The molecule has 1 atom stereocenters. The van der Waals surface area contributed by atoms with Gasteiger partial charge < -0.3 is 4.90 Å². The van der Waals surface area contributed by atoms with E-state index < -0.39 is 0 Å². The third kappa shape index (κ3) is 3.18. The van der Waals surface area contributed by atoms with Crippen molar-refractivity contribution in [1.82, 2.24) is 0 Å². The van der Waals surface area contributed by atoms with Crippen molar-refractivity contribution in [2.24, 2.45) is 0 Å². The molecule has 1 heterocycles. The van der Waals surface area contributed by atoms with Crippen molar-refractivity contribution in [1.29, 1.82) is 0 Å². The van der Waals surface area contributed by atoms with Gasteiger partial charge in [-0.25, -0.2) is 0 Å². The van der Waals surface area contributed by atoms with Gasteiger partial charge >= 0.3 is 0 Å². The van der Waals surface area contributed by atoms with E-state index in [-0.39, 0.29) is 0 Å². The van der Waals surface area contributed by atoms with Gasteiger partial charge in [0.2, 0.25) is 0 Å². The molecule has 0 aromatic heterocycles. The van der Waals surface area contributed by atoms with Gasteiger partial charge in [0, 0.05) is 28.9 Å². The molecule has 1 fully saturated rings. The standard InChI is InChI=1S/C18H21NS/c1-15-9-11-16(12-10-15)19-13-5-6-17(19)14-20-18-7-3-2-4-8-18/h2-4,7-12,17H,5-6,13-14H2,1H3. The molecule has 0 amide bonds. The van der Waals surface area contributed by atoms with Crippen molar-refractivity contribution in [3.8, 4) is 0 Å². The average Bonchev–Trinajstić information content (AvgIpc) is 2.95. The van der Waals surface area contributed by atoms with Gasteiger partial charge in [0.25, 0.3) is 0 Å². The minimum atomic E-state index is 0.669. The highest BCUT2D eigenvalue weighted by Gasteiger charge is 2.24. The fourth-order valence-corrected chi connectivity index (χ4v) is 3.88. The third-order valence-electron chi connectivity index (χ3n) is 3.93. The molecule has 1 aliphatic rings. The minimum absolute atomic E-state index is 0.669. The van der Waals surface area contributed by atoms with Gasteiger partial charge in [-0.2, -0.15) is 0 Å². The molecule has 2 aromatic rings. The summed E-state index contributed by atoms with van der Waals surface area (Å²) in [6.07, 6.45) is 2.63. The quantitative estimate of drug-likeness (QED) is 0.745. The highest BCUT2D eigenvalue weighted by atomic mass is 32.2. The molecule has 0 N–H and O–H groups in total. The Kier molecular flexibility index (Phi) is 4.31. The van der Waals surface area contributed by atoms with Gasteiger partial charge in [-0.3, -0.25) is 0 Å². The van der Waals surface area contributed by atoms with E-state index in [4.69, 9.17) is 0 Å². The second-order valence-electron chi connectivity index (χ2n) is 5.45. The summed E-state index contributed by atoms with van der Waals surface area (Å²) in [5.74, 6) is 1.18. The number of hydrogen-bond acceptors (Lipinski definition) is 2. The van der Waals surface area contributed by atoms with Crippen LogP contribution in [0.1, 0.15) is 18.4 Å². The molecule has 2 aromatic carbocycles. The first-order chi connectivity index (χ1) is 9.83. The second kappa shape index (κ2) is 6.36. The van der Waals surface area contributed by atoms with Gasteiger partial charge in [-0.15, -0.1) is 11.8 Å². The monoisotopic (exact) mass is 283 g/mol. The van der Waals surface area contributed by atoms with Crippen LogP contribution in [0.4, 0.5) is 5.69 Å². The molecule has 2 heteroatoms. The summed E-state index contributed by atoms with van der Waals surface area (Å²) in [4.78, 5) is 3.96. The first-order valence-electron chi connectivity index (χ1n) is 7.34. The number of rotatable bonds is 4. The maximum Gasteiger partial charge on any atom is 0.0384 e. The van der Waals surface area contributed by atoms with Crippen LogP contribution in [0.15, 0.2) is 59.5 Å². The van der Waals surface area contributed by atoms with E-state index in [1.165, 1.54) is 41.3 Å². The first kappa shape index (κ1) is 13.6. The molecule has 1 unspecified atom stereocenters. The summed E-state index contributed by atoms with van der Waals surface area (Å²) >= 11 is 1.98. The summed E-state index contributed by atoms with van der Waals surface area (Å²) in [6, 6.07) is 20.4. The lowest BCUT2D eigenvalue weighted by atomic mass is 10.2. The maximum absolute atomic E-state index is 2.58. The molecule has 0 spiro atoms. The van der Waals surface area contributed by atoms with Gasteiger partial charge in [0.15, 0.2) is 0 Å². The van der Waals surface area contributed by atoms with Crippen molar-refractivity contribution in [3.63, 3.8) is 0 Å². The number of benzene rings is 2. The van der Waals surface area contributed by atoms with Crippen LogP contribution in [0.3, 0.4) is 0 Å². The van der Waals surface area contributed by atoms with Crippen LogP contribution >= 0.6 is 11.8 Å². The Balaban J connectivity index is 1.65. The van der Waals surface area contributed by atoms with Crippen LogP contribution in [0.25, 0.3) is 0 Å². The normalized spacial score (nSPS) is 18.4. The van der Waals surface area contributed by atoms with Crippen LogP contribution in [0.5, 0.6) is 0 Å². The number of thioether (sulfide) groups is 1. The highest BCUT2D eigenvalue weighted by molar-refractivity contribution is 7.99. The molecule has 0 radical (unpaired) electrons. The lowest BCUT2D eigenvalue weighted by molar-refractivity contribution is 0.745. The van der Waals surface area contributed by atoms with Crippen LogP contribution in [-0.2, 0) is 0 Å². The molecule has 20 heavy (non-hydrogen) atoms. The molecule has 0 saturated carbocycles. The highest BCUT2D eigenvalue weighted by Crippen LogP contribution is 2.30. The second-order valence-corrected chi connectivity index (χ2v) is 6.54. The van der Waals surface area contributed by atoms with Crippen molar-refractivity contribution in [3.05, 3.63) is 60.2 Å². The number of hydrogen-bond donors (Lipinski definition) is 0. The molecule has 104 valence electrons. The molecule has 3 rings (SSSR count). The van der Waals surface area contributed by atoms with Crippen molar-refractivity contribution in [2.75, 3.05) is 17.2 Å².